The van der Waals surface area contributed by atoms with Crippen LogP contribution < -0.4 is 9.47 Å². The highest BCUT2D eigenvalue weighted by Crippen LogP contribution is 2.21. The highest BCUT2D eigenvalue weighted by atomic mass is 16.6. The lowest BCUT2D eigenvalue weighted by molar-refractivity contribution is -0.151. The van der Waals surface area contributed by atoms with Gasteiger partial charge in [-0.2, -0.15) is 0 Å². The normalized spacial score (nSPS) is 11.9. The average Bonchev–Trinajstić information content (AvgIpc) is 2.71. The van der Waals surface area contributed by atoms with Gasteiger partial charge in [-0.05, 0) is 62.7 Å². The summed E-state index contributed by atoms with van der Waals surface area (Å²) in [5.74, 6) is 1.54. The molecule has 2 aromatic carbocycles. The van der Waals surface area contributed by atoms with Gasteiger partial charge in [0, 0.05) is 13.0 Å². The summed E-state index contributed by atoms with van der Waals surface area (Å²) in [6.07, 6.45) is 2.71. The molecule has 158 valence electrons. The van der Waals surface area contributed by atoms with Gasteiger partial charge < -0.3 is 19.1 Å². The molecule has 0 aliphatic carbocycles. The quantitative estimate of drug-likeness (QED) is 0.502. The smallest absolute Gasteiger partial charge is 0.306 e. The zero-order valence-corrected chi connectivity index (χ0v) is 18.0. The Labute approximate surface area is 174 Å². The summed E-state index contributed by atoms with van der Waals surface area (Å²) in [5.41, 5.74) is 2.39. The standard InChI is InChI=1S/C24H33NO4/c1-5-8-24(26)29-22(17-25(2)3)18-28-23-10-7-6-9-20(23)14-11-19-12-15-21(27-4)16-13-19/h6-7,9-10,12-13,15-16,22H,5,8,11,14,17-18H2,1-4H3/t22-/m1/s1. The van der Waals surface area contributed by atoms with Crippen LogP contribution in [0.4, 0.5) is 0 Å². The molecule has 1 atom stereocenters. The van der Waals surface area contributed by atoms with Gasteiger partial charge in [-0.15, -0.1) is 0 Å². The van der Waals surface area contributed by atoms with Crippen LogP contribution in [0.2, 0.25) is 0 Å². The van der Waals surface area contributed by atoms with Crippen LogP contribution >= 0.6 is 0 Å². The number of benzene rings is 2. The van der Waals surface area contributed by atoms with Crippen molar-refractivity contribution in [3.63, 3.8) is 0 Å². The van der Waals surface area contributed by atoms with Crippen LogP contribution in [0.1, 0.15) is 30.9 Å². The number of para-hydroxylation sites is 1. The molecule has 0 fully saturated rings. The molecule has 0 aliphatic heterocycles. The SMILES string of the molecule is CCCC(=O)O[C@@H](COc1ccccc1CCc1ccc(OC)cc1)CN(C)C. The van der Waals surface area contributed by atoms with Crippen LogP contribution in [0, 0.1) is 0 Å². The van der Waals surface area contributed by atoms with Crippen molar-refractivity contribution in [1.29, 1.82) is 0 Å². The van der Waals surface area contributed by atoms with E-state index in [0.29, 0.717) is 19.6 Å². The minimum Gasteiger partial charge on any atom is -0.497 e. The molecule has 0 radical (unpaired) electrons. The van der Waals surface area contributed by atoms with E-state index >= 15 is 0 Å². The Morgan fingerprint density at radius 2 is 1.76 bits per heavy atom. The number of hydrogen-bond donors (Lipinski definition) is 0. The van der Waals surface area contributed by atoms with Crippen molar-refractivity contribution < 1.29 is 19.0 Å². The molecule has 0 unspecified atom stereocenters. The van der Waals surface area contributed by atoms with Crippen molar-refractivity contribution in [2.75, 3.05) is 34.4 Å². The molecule has 0 amide bonds. The molecule has 5 nitrogen and oxygen atoms in total. The molecule has 0 aliphatic rings. The monoisotopic (exact) mass is 399 g/mol. The third-order valence-corrected chi connectivity index (χ3v) is 4.56. The molecular formula is C24H33NO4. The predicted molar refractivity (Wildman–Crippen MR) is 116 cm³/mol. The van der Waals surface area contributed by atoms with E-state index in [1.54, 1.807) is 7.11 Å². The molecule has 29 heavy (non-hydrogen) atoms. The fourth-order valence-electron chi connectivity index (χ4n) is 3.09. The summed E-state index contributed by atoms with van der Waals surface area (Å²) in [5, 5.41) is 0. The second kappa shape index (κ2) is 12.1. The number of methoxy groups -OCH3 is 1. The number of rotatable bonds is 12. The number of hydrogen-bond acceptors (Lipinski definition) is 5. The Morgan fingerprint density at radius 3 is 2.41 bits per heavy atom. The largest absolute Gasteiger partial charge is 0.497 e. The number of aryl methyl sites for hydroxylation is 2. The van der Waals surface area contributed by atoms with Gasteiger partial charge >= 0.3 is 5.97 Å². The van der Waals surface area contributed by atoms with Gasteiger partial charge in [0.25, 0.3) is 0 Å². The molecule has 0 spiro atoms. The number of esters is 1. The topological polar surface area (TPSA) is 48.0 Å². The first kappa shape index (κ1) is 22.8. The van der Waals surface area contributed by atoms with Crippen molar-refractivity contribution in [1.82, 2.24) is 4.90 Å². The first-order valence-electron chi connectivity index (χ1n) is 10.2. The summed E-state index contributed by atoms with van der Waals surface area (Å²) in [6.45, 7) is 2.94. The van der Waals surface area contributed by atoms with E-state index < -0.39 is 0 Å². The maximum absolute atomic E-state index is 11.9. The summed E-state index contributed by atoms with van der Waals surface area (Å²) in [4.78, 5) is 13.9. The molecule has 0 N–H and O–H groups in total. The van der Waals surface area contributed by atoms with Crippen LogP contribution in [0.3, 0.4) is 0 Å². The third kappa shape index (κ3) is 8.16. The molecular weight excluding hydrogens is 366 g/mol. The average molecular weight is 400 g/mol. The van der Waals surface area contributed by atoms with Gasteiger partial charge in [-0.25, -0.2) is 0 Å². The van der Waals surface area contributed by atoms with Crippen molar-refractivity contribution in [2.45, 2.75) is 38.7 Å². The fourth-order valence-corrected chi connectivity index (χ4v) is 3.09. The first-order valence-corrected chi connectivity index (χ1v) is 10.2. The van der Waals surface area contributed by atoms with Crippen molar-refractivity contribution in [2.24, 2.45) is 0 Å². The van der Waals surface area contributed by atoms with E-state index in [-0.39, 0.29) is 12.1 Å². The molecule has 2 rings (SSSR count). The molecule has 0 saturated carbocycles. The Balaban J connectivity index is 1.97. The number of nitrogens with zero attached hydrogens (tertiary/aromatic N) is 1. The minimum atomic E-state index is -0.293. The lowest BCUT2D eigenvalue weighted by atomic mass is 10.0. The zero-order valence-electron chi connectivity index (χ0n) is 18.0. The molecule has 2 aromatic rings. The predicted octanol–water partition coefficient (Wildman–Crippen LogP) is 4.13. The van der Waals surface area contributed by atoms with E-state index in [0.717, 1.165) is 36.3 Å². The van der Waals surface area contributed by atoms with Crippen LogP contribution in [0.5, 0.6) is 11.5 Å². The highest BCUT2D eigenvalue weighted by Gasteiger charge is 2.17. The third-order valence-electron chi connectivity index (χ3n) is 4.56. The van der Waals surface area contributed by atoms with Crippen molar-refractivity contribution >= 4 is 5.97 Å². The Bertz CT molecular complexity index is 743. The molecule has 0 bridgehead atoms. The number of carbonyl (C=O) groups excluding carboxylic acids is 1. The molecule has 0 saturated heterocycles. The molecule has 0 aromatic heterocycles. The number of carbonyl (C=O) groups is 1. The van der Waals surface area contributed by atoms with Gasteiger partial charge in [-0.3, -0.25) is 4.79 Å². The van der Waals surface area contributed by atoms with Crippen LogP contribution in [-0.2, 0) is 22.4 Å². The van der Waals surface area contributed by atoms with Gasteiger partial charge in [0.1, 0.15) is 24.2 Å². The Hall–Kier alpha value is -2.53. The summed E-state index contributed by atoms with van der Waals surface area (Å²) in [7, 11) is 5.60. The molecule has 0 heterocycles. The fraction of sp³-hybridized carbons (Fsp3) is 0.458. The molecule has 5 heteroatoms. The van der Waals surface area contributed by atoms with E-state index in [9.17, 15) is 4.79 Å². The Kier molecular flexibility index (Phi) is 9.51. The summed E-state index contributed by atoms with van der Waals surface area (Å²) >= 11 is 0. The maximum atomic E-state index is 11.9. The maximum Gasteiger partial charge on any atom is 0.306 e. The highest BCUT2D eigenvalue weighted by molar-refractivity contribution is 5.69. The van der Waals surface area contributed by atoms with Crippen LogP contribution in [0.15, 0.2) is 48.5 Å². The van der Waals surface area contributed by atoms with E-state index in [2.05, 4.69) is 18.2 Å². The summed E-state index contributed by atoms with van der Waals surface area (Å²) < 4.78 is 16.9. The number of ether oxygens (including phenoxy) is 3. The zero-order chi connectivity index (χ0) is 21.1. The van der Waals surface area contributed by atoms with Gasteiger partial charge in [-0.1, -0.05) is 37.3 Å². The lowest BCUT2D eigenvalue weighted by Gasteiger charge is -2.22. The minimum absolute atomic E-state index is 0.171. The van der Waals surface area contributed by atoms with Crippen LogP contribution in [0.25, 0.3) is 0 Å². The van der Waals surface area contributed by atoms with E-state index in [4.69, 9.17) is 14.2 Å². The van der Waals surface area contributed by atoms with E-state index in [1.807, 2.05) is 56.3 Å². The second-order valence-electron chi connectivity index (χ2n) is 7.39. The van der Waals surface area contributed by atoms with Crippen LogP contribution in [-0.4, -0.2) is 51.3 Å². The van der Waals surface area contributed by atoms with Gasteiger partial charge in [0.05, 0.1) is 7.11 Å². The second-order valence-corrected chi connectivity index (χ2v) is 7.39. The van der Waals surface area contributed by atoms with Crippen molar-refractivity contribution in [3.8, 4) is 11.5 Å². The first-order chi connectivity index (χ1) is 14.0. The van der Waals surface area contributed by atoms with Gasteiger partial charge in [0.2, 0.25) is 0 Å². The Morgan fingerprint density at radius 1 is 1.03 bits per heavy atom. The van der Waals surface area contributed by atoms with E-state index in [1.165, 1.54) is 5.56 Å². The lowest BCUT2D eigenvalue weighted by Crippen LogP contribution is -2.35. The van der Waals surface area contributed by atoms with Gasteiger partial charge in [0.15, 0.2) is 0 Å². The number of likely N-dealkylation sites (N-methyl/N-ethyl adjacent to an activating group) is 1. The van der Waals surface area contributed by atoms with Crippen molar-refractivity contribution in [3.05, 3.63) is 59.7 Å². The summed E-state index contributed by atoms with van der Waals surface area (Å²) in [6, 6.07) is 16.2.